The minimum Gasteiger partial charge on any atom is -0.387 e. The number of halogens is 1. The highest BCUT2D eigenvalue weighted by Crippen LogP contribution is 2.27. The molecule has 0 radical (unpaired) electrons. The van der Waals surface area contributed by atoms with Gasteiger partial charge in [0.15, 0.2) is 0 Å². The minimum atomic E-state index is -0.582. The molecule has 0 aliphatic rings. The van der Waals surface area contributed by atoms with Crippen molar-refractivity contribution in [2.24, 2.45) is 5.92 Å². The van der Waals surface area contributed by atoms with Crippen LogP contribution >= 0.6 is 11.6 Å². The van der Waals surface area contributed by atoms with Gasteiger partial charge >= 0.3 is 0 Å². The second-order valence-electron chi connectivity index (χ2n) is 4.41. The Hall–Kier alpha value is -0.580. The first-order valence-electron chi connectivity index (χ1n) is 5.98. The Morgan fingerprint density at radius 1 is 1.59 bits per heavy atom. The molecule has 2 atom stereocenters. The maximum Gasteiger partial charge on any atom is 0.0975 e. The van der Waals surface area contributed by atoms with Crippen LogP contribution in [0.15, 0.2) is 6.20 Å². The fourth-order valence-electron chi connectivity index (χ4n) is 1.94. The van der Waals surface area contributed by atoms with Crippen LogP contribution in [0.4, 0.5) is 0 Å². The van der Waals surface area contributed by atoms with E-state index in [2.05, 4.69) is 12.0 Å². The first-order valence-corrected chi connectivity index (χ1v) is 6.36. The van der Waals surface area contributed by atoms with Crippen LogP contribution in [0.25, 0.3) is 0 Å². The second-order valence-corrected chi connectivity index (χ2v) is 4.82. The zero-order valence-electron chi connectivity index (χ0n) is 10.7. The van der Waals surface area contributed by atoms with Crippen LogP contribution < -0.4 is 0 Å². The molecule has 1 aromatic rings. The zero-order valence-corrected chi connectivity index (χ0v) is 11.4. The molecule has 0 spiro atoms. The lowest BCUT2D eigenvalue weighted by atomic mass is 10.0. The fraction of sp³-hybridized carbons (Fsp3) is 0.750. The predicted molar refractivity (Wildman–Crippen MR) is 68.1 cm³/mol. The van der Waals surface area contributed by atoms with E-state index in [0.29, 0.717) is 18.1 Å². The lowest BCUT2D eigenvalue weighted by molar-refractivity contribution is 0.0965. The summed E-state index contributed by atoms with van der Waals surface area (Å²) in [5.41, 5.74) is 0.719. The number of aliphatic hydroxyl groups excluding tert-OH is 1. The van der Waals surface area contributed by atoms with Gasteiger partial charge in [-0.3, -0.25) is 4.68 Å². The average molecular weight is 261 g/mol. The Morgan fingerprint density at radius 2 is 2.29 bits per heavy atom. The Kier molecular flexibility index (Phi) is 5.95. The topological polar surface area (TPSA) is 47.3 Å². The highest BCUT2D eigenvalue weighted by molar-refractivity contribution is 6.31. The van der Waals surface area contributed by atoms with E-state index in [0.717, 1.165) is 18.7 Å². The van der Waals surface area contributed by atoms with Crippen molar-refractivity contribution in [1.29, 1.82) is 0 Å². The monoisotopic (exact) mass is 260 g/mol. The molecule has 4 nitrogen and oxygen atoms in total. The van der Waals surface area contributed by atoms with E-state index < -0.39 is 6.10 Å². The summed E-state index contributed by atoms with van der Waals surface area (Å²) in [4.78, 5) is 0. The SMILES string of the molecule is CCCn1ncc(Cl)c1C(O)CC(C)COC. The lowest BCUT2D eigenvalue weighted by Crippen LogP contribution is -2.14. The zero-order chi connectivity index (χ0) is 12.8. The number of aliphatic hydroxyl groups is 1. The molecule has 2 unspecified atom stereocenters. The molecule has 5 heteroatoms. The van der Waals surface area contributed by atoms with Crippen molar-refractivity contribution >= 4 is 11.6 Å². The van der Waals surface area contributed by atoms with Crippen molar-refractivity contribution < 1.29 is 9.84 Å². The maximum atomic E-state index is 10.2. The van der Waals surface area contributed by atoms with E-state index in [-0.39, 0.29) is 5.92 Å². The lowest BCUT2D eigenvalue weighted by Gasteiger charge is -2.17. The second kappa shape index (κ2) is 6.99. The smallest absolute Gasteiger partial charge is 0.0975 e. The van der Waals surface area contributed by atoms with Crippen LogP contribution in [0.3, 0.4) is 0 Å². The molecular formula is C12H21ClN2O2. The quantitative estimate of drug-likeness (QED) is 0.820. The molecular weight excluding hydrogens is 240 g/mol. The molecule has 0 fully saturated rings. The molecule has 0 aromatic carbocycles. The van der Waals surface area contributed by atoms with E-state index in [9.17, 15) is 5.11 Å². The highest BCUT2D eigenvalue weighted by atomic mass is 35.5. The van der Waals surface area contributed by atoms with Crippen molar-refractivity contribution in [3.05, 3.63) is 16.9 Å². The largest absolute Gasteiger partial charge is 0.387 e. The third-order valence-electron chi connectivity index (χ3n) is 2.66. The molecule has 1 rings (SSSR count). The van der Waals surface area contributed by atoms with Gasteiger partial charge in [0.2, 0.25) is 0 Å². The van der Waals surface area contributed by atoms with Crippen molar-refractivity contribution in [3.8, 4) is 0 Å². The summed E-state index contributed by atoms with van der Waals surface area (Å²) >= 11 is 6.06. The van der Waals surface area contributed by atoms with Gasteiger partial charge in [0, 0.05) is 20.3 Å². The van der Waals surface area contributed by atoms with Crippen LogP contribution in [0.1, 0.15) is 38.5 Å². The number of hydrogen-bond acceptors (Lipinski definition) is 3. The maximum absolute atomic E-state index is 10.2. The molecule has 0 aliphatic carbocycles. The van der Waals surface area contributed by atoms with Crippen molar-refractivity contribution in [2.45, 2.75) is 39.3 Å². The fourth-order valence-corrected chi connectivity index (χ4v) is 2.21. The Bertz CT molecular complexity index is 341. The van der Waals surface area contributed by atoms with E-state index >= 15 is 0 Å². The van der Waals surface area contributed by atoms with Crippen molar-refractivity contribution in [3.63, 3.8) is 0 Å². The number of methoxy groups -OCH3 is 1. The Labute approximate surface area is 108 Å². The van der Waals surface area contributed by atoms with Crippen molar-refractivity contribution in [2.75, 3.05) is 13.7 Å². The third-order valence-corrected chi connectivity index (χ3v) is 2.95. The van der Waals surface area contributed by atoms with E-state index in [1.807, 2.05) is 6.92 Å². The summed E-state index contributed by atoms with van der Waals surface area (Å²) in [7, 11) is 1.66. The van der Waals surface area contributed by atoms with Gasteiger partial charge in [0.05, 0.1) is 23.0 Å². The first-order chi connectivity index (χ1) is 8.10. The molecule has 1 aromatic heterocycles. The Balaban J connectivity index is 2.73. The normalized spacial score (nSPS) is 14.9. The first kappa shape index (κ1) is 14.5. The molecule has 0 aliphatic heterocycles. The predicted octanol–water partition coefficient (Wildman–Crippen LogP) is 2.65. The molecule has 0 amide bonds. The summed E-state index contributed by atoms with van der Waals surface area (Å²) in [6.07, 6.45) is 2.60. The summed E-state index contributed by atoms with van der Waals surface area (Å²) in [5, 5.41) is 14.9. The van der Waals surface area contributed by atoms with Crippen LogP contribution in [0.5, 0.6) is 0 Å². The number of hydrogen-bond donors (Lipinski definition) is 1. The van der Waals surface area contributed by atoms with E-state index in [1.165, 1.54) is 0 Å². The number of ether oxygens (including phenoxy) is 1. The van der Waals surface area contributed by atoms with E-state index in [4.69, 9.17) is 16.3 Å². The van der Waals surface area contributed by atoms with E-state index in [1.54, 1.807) is 18.0 Å². The van der Waals surface area contributed by atoms with Gasteiger partial charge in [-0.1, -0.05) is 25.4 Å². The van der Waals surface area contributed by atoms with Crippen LogP contribution in [0.2, 0.25) is 5.02 Å². The molecule has 0 bridgehead atoms. The van der Waals surface area contributed by atoms with Gasteiger partial charge in [0.1, 0.15) is 0 Å². The molecule has 17 heavy (non-hydrogen) atoms. The molecule has 98 valence electrons. The standard InChI is InChI=1S/C12H21ClN2O2/c1-4-5-15-12(10(13)7-14-15)11(16)6-9(2)8-17-3/h7,9,11,16H,4-6,8H2,1-3H3. The molecule has 1 N–H and O–H groups in total. The van der Waals surface area contributed by atoms with Gasteiger partial charge in [-0.2, -0.15) is 5.10 Å². The van der Waals surface area contributed by atoms with Crippen molar-refractivity contribution in [1.82, 2.24) is 9.78 Å². The van der Waals surface area contributed by atoms with Gasteiger partial charge in [-0.25, -0.2) is 0 Å². The van der Waals surface area contributed by atoms with Crippen LogP contribution in [-0.4, -0.2) is 28.6 Å². The number of rotatable bonds is 7. The summed E-state index contributed by atoms with van der Waals surface area (Å²) < 4.78 is 6.85. The highest BCUT2D eigenvalue weighted by Gasteiger charge is 2.20. The minimum absolute atomic E-state index is 0.288. The summed E-state index contributed by atoms with van der Waals surface area (Å²) in [6.45, 7) is 5.52. The Morgan fingerprint density at radius 3 is 2.88 bits per heavy atom. The number of nitrogens with zero attached hydrogens (tertiary/aromatic N) is 2. The molecule has 0 saturated carbocycles. The van der Waals surface area contributed by atoms with Crippen LogP contribution in [0, 0.1) is 5.92 Å². The number of aryl methyl sites for hydroxylation is 1. The summed E-state index contributed by atoms with van der Waals surface area (Å²) in [6, 6.07) is 0. The third kappa shape index (κ3) is 3.98. The summed E-state index contributed by atoms with van der Waals surface area (Å²) in [5.74, 6) is 0.288. The average Bonchev–Trinajstić information content (AvgIpc) is 2.60. The van der Waals surface area contributed by atoms with Gasteiger partial charge in [-0.05, 0) is 18.8 Å². The molecule has 1 heterocycles. The van der Waals surface area contributed by atoms with Crippen LogP contribution in [-0.2, 0) is 11.3 Å². The van der Waals surface area contributed by atoms with Gasteiger partial charge in [-0.15, -0.1) is 0 Å². The molecule has 0 saturated heterocycles. The number of aromatic nitrogens is 2. The van der Waals surface area contributed by atoms with Gasteiger partial charge < -0.3 is 9.84 Å². The van der Waals surface area contributed by atoms with Gasteiger partial charge in [0.25, 0.3) is 0 Å².